The van der Waals surface area contributed by atoms with E-state index in [0.717, 1.165) is 0 Å². The molecule has 0 saturated heterocycles. The first-order valence-electron chi connectivity index (χ1n) is 11.1. The Kier molecular flexibility index (Phi) is 9.15. The normalized spacial score (nSPS) is 25.1. The molecule has 170 valence electrons. The van der Waals surface area contributed by atoms with Crippen LogP contribution >= 0.6 is 0 Å². The monoisotopic (exact) mass is 414 g/mol. The van der Waals surface area contributed by atoms with E-state index in [1.165, 1.54) is 0 Å². The first-order valence-corrected chi connectivity index (χ1v) is 11.1. The standard InChI is InChI=1S/C23H42O6/c1-9-22(8,26)17(6)19(24)28-18-12-13-21(18,7)20(25)29-23(10-2,11-3)14-15-27-16(4)5/h16-18,26H,9-15H2,1-8H3. The fourth-order valence-electron chi connectivity index (χ4n) is 3.51. The van der Waals surface area contributed by atoms with Crippen LogP contribution in [0.3, 0.4) is 0 Å². The maximum Gasteiger partial charge on any atom is 0.316 e. The van der Waals surface area contributed by atoms with E-state index in [4.69, 9.17) is 14.2 Å². The van der Waals surface area contributed by atoms with Crippen LogP contribution in [0.2, 0.25) is 0 Å². The second-order valence-electron chi connectivity index (χ2n) is 9.26. The Morgan fingerprint density at radius 2 is 1.72 bits per heavy atom. The second-order valence-corrected chi connectivity index (χ2v) is 9.26. The van der Waals surface area contributed by atoms with E-state index < -0.39 is 34.6 Å². The zero-order valence-corrected chi connectivity index (χ0v) is 19.7. The topological polar surface area (TPSA) is 82.1 Å². The summed E-state index contributed by atoms with van der Waals surface area (Å²) in [7, 11) is 0. The average molecular weight is 415 g/mol. The Labute approximate surface area is 176 Å². The van der Waals surface area contributed by atoms with Crippen LogP contribution in [0.25, 0.3) is 0 Å². The Morgan fingerprint density at radius 3 is 2.14 bits per heavy atom. The first-order chi connectivity index (χ1) is 13.4. The molecule has 1 rings (SSSR count). The first kappa shape index (κ1) is 25.9. The van der Waals surface area contributed by atoms with Crippen molar-refractivity contribution in [2.75, 3.05) is 6.61 Å². The summed E-state index contributed by atoms with van der Waals surface area (Å²) in [5.74, 6) is -1.44. The Balaban J connectivity index is 2.79. The number of ether oxygens (including phenoxy) is 3. The number of esters is 2. The SMILES string of the molecule is CCC(CC)(CCOC(C)C)OC(=O)C1(C)CCC1OC(=O)C(C)C(C)(O)CC. The zero-order valence-electron chi connectivity index (χ0n) is 19.7. The molecular weight excluding hydrogens is 372 g/mol. The molecule has 0 heterocycles. The summed E-state index contributed by atoms with van der Waals surface area (Å²) in [5.41, 5.74) is -2.55. The molecule has 0 aromatic rings. The third-order valence-electron chi connectivity index (χ3n) is 6.97. The lowest BCUT2D eigenvalue weighted by molar-refractivity contribution is -0.203. The second kappa shape index (κ2) is 10.3. The minimum atomic E-state index is -1.13. The molecule has 0 radical (unpaired) electrons. The van der Waals surface area contributed by atoms with Crippen molar-refractivity contribution in [3.05, 3.63) is 0 Å². The van der Waals surface area contributed by atoms with Gasteiger partial charge < -0.3 is 19.3 Å². The van der Waals surface area contributed by atoms with Crippen LogP contribution in [0.1, 0.15) is 93.9 Å². The van der Waals surface area contributed by atoms with Crippen molar-refractivity contribution in [1.82, 2.24) is 0 Å². The van der Waals surface area contributed by atoms with Crippen molar-refractivity contribution in [2.45, 2.75) is 117 Å². The van der Waals surface area contributed by atoms with Gasteiger partial charge in [-0.25, -0.2) is 0 Å². The molecule has 0 bridgehead atoms. The van der Waals surface area contributed by atoms with Gasteiger partial charge in [0, 0.05) is 6.42 Å². The number of rotatable bonds is 12. The van der Waals surface area contributed by atoms with E-state index in [9.17, 15) is 14.7 Å². The lowest BCUT2D eigenvalue weighted by Crippen LogP contribution is -2.54. The van der Waals surface area contributed by atoms with E-state index in [2.05, 4.69) is 0 Å². The van der Waals surface area contributed by atoms with Gasteiger partial charge in [0.2, 0.25) is 0 Å². The van der Waals surface area contributed by atoms with Crippen molar-refractivity contribution in [1.29, 1.82) is 0 Å². The number of hydrogen-bond donors (Lipinski definition) is 1. The van der Waals surface area contributed by atoms with Gasteiger partial charge >= 0.3 is 11.9 Å². The van der Waals surface area contributed by atoms with E-state index in [-0.39, 0.29) is 12.1 Å². The summed E-state index contributed by atoms with van der Waals surface area (Å²) in [6, 6.07) is 0. The highest BCUT2D eigenvalue weighted by molar-refractivity contribution is 5.80. The van der Waals surface area contributed by atoms with E-state index in [1.54, 1.807) is 20.8 Å². The van der Waals surface area contributed by atoms with Crippen molar-refractivity contribution >= 4 is 11.9 Å². The molecule has 1 fully saturated rings. The molecular formula is C23H42O6. The third kappa shape index (κ3) is 6.17. The van der Waals surface area contributed by atoms with Crippen molar-refractivity contribution in [3.8, 4) is 0 Å². The molecule has 29 heavy (non-hydrogen) atoms. The van der Waals surface area contributed by atoms with Crippen molar-refractivity contribution in [2.24, 2.45) is 11.3 Å². The van der Waals surface area contributed by atoms with E-state index in [0.29, 0.717) is 45.1 Å². The smallest absolute Gasteiger partial charge is 0.316 e. The number of aliphatic hydroxyl groups is 1. The highest BCUT2D eigenvalue weighted by Crippen LogP contribution is 2.46. The van der Waals surface area contributed by atoms with Gasteiger partial charge in [0.25, 0.3) is 0 Å². The summed E-state index contributed by atoms with van der Waals surface area (Å²) in [4.78, 5) is 25.6. The summed E-state index contributed by atoms with van der Waals surface area (Å²) in [6.45, 7) is 15.5. The molecule has 1 saturated carbocycles. The van der Waals surface area contributed by atoms with Crippen molar-refractivity contribution < 1.29 is 28.9 Å². The van der Waals surface area contributed by atoms with Crippen LogP contribution in [0.4, 0.5) is 0 Å². The minimum Gasteiger partial charge on any atom is -0.461 e. The molecule has 0 aromatic carbocycles. The Bertz CT molecular complexity index is 552. The van der Waals surface area contributed by atoms with Gasteiger partial charge in [0.05, 0.1) is 24.2 Å². The number of carbonyl (C=O) groups is 2. The highest BCUT2D eigenvalue weighted by Gasteiger charge is 2.54. The van der Waals surface area contributed by atoms with Crippen LogP contribution < -0.4 is 0 Å². The van der Waals surface area contributed by atoms with E-state index >= 15 is 0 Å². The summed E-state index contributed by atoms with van der Waals surface area (Å²) < 4.78 is 17.3. The number of carbonyl (C=O) groups excluding carboxylic acids is 2. The molecule has 4 atom stereocenters. The third-order valence-corrected chi connectivity index (χ3v) is 6.97. The van der Waals surface area contributed by atoms with Gasteiger partial charge in [0.1, 0.15) is 17.1 Å². The maximum absolute atomic E-state index is 13.1. The minimum absolute atomic E-state index is 0.132. The predicted molar refractivity (Wildman–Crippen MR) is 112 cm³/mol. The van der Waals surface area contributed by atoms with Gasteiger partial charge in [-0.15, -0.1) is 0 Å². The average Bonchev–Trinajstić information content (AvgIpc) is 2.68. The lowest BCUT2D eigenvalue weighted by atomic mass is 9.67. The lowest BCUT2D eigenvalue weighted by Gasteiger charge is -2.46. The molecule has 6 nitrogen and oxygen atoms in total. The largest absolute Gasteiger partial charge is 0.461 e. The fourth-order valence-corrected chi connectivity index (χ4v) is 3.51. The van der Waals surface area contributed by atoms with Gasteiger partial charge in [0.15, 0.2) is 0 Å². The van der Waals surface area contributed by atoms with Crippen molar-refractivity contribution in [3.63, 3.8) is 0 Å². The molecule has 1 aliphatic rings. The predicted octanol–water partition coefficient (Wildman–Crippen LogP) is 4.41. The maximum atomic E-state index is 13.1. The molecule has 0 aliphatic heterocycles. The Morgan fingerprint density at radius 1 is 1.14 bits per heavy atom. The van der Waals surface area contributed by atoms with Crippen LogP contribution in [0, 0.1) is 11.3 Å². The molecule has 0 aromatic heterocycles. The van der Waals surface area contributed by atoms with Gasteiger partial charge in [-0.2, -0.15) is 0 Å². The van der Waals surface area contributed by atoms with E-state index in [1.807, 2.05) is 34.6 Å². The summed E-state index contributed by atoms with van der Waals surface area (Å²) >= 11 is 0. The quantitative estimate of drug-likeness (QED) is 0.476. The zero-order chi connectivity index (χ0) is 22.5. The van der Waals surface area contributed by atoms with Crippen LogP contribution in [-0.2, 0) is 23.8 Å². The van der Waals surface area contributed by atoms with Crippen LogP contribution in [0.5, 0.6) is 0 Å². The van der Waals surface area contributed by atoms with Gasteiger partial charge in [-0.05, 0) is 66.7 Å². The molecule has 1 N–H and O–H groups in total. The molecule has 4 unspecified atom stereocenters. The van der Waals surface area contributed by atoms with Crippen LogP contribution in [0.15, 0.2) is 0 Å². The van der Waals surface area contributed by atoms with Gasteiger partial charge in [-0.3, -0.25) is 9.59 Å². The molecule has 1 aliphatic carbocycles. The molecule has 6 heteroatoms. The highest BCUT2D eigenvalue weighted by atomic mass is 16.6. The molecule has 0 amide bonds. The fraction of sp³-hybridized carbons (Fsp3) is 0.913. The number of hydrogen-bond acceptors (Lipinski definition) is 6. The van der Waals surface area contributed by atoms with Crippen LogP contribution in [-0.4, -0.2) is 47.1 Å². The summed E-state index contributed by atoms with van der Waals surface area (Å²) in [5, 5.41) is 10.3. The Hall–Kier alpha value is -1.14. The van der Waals surface area contributed by atoms with Gasteiger partial charge in [-0.1, -0.05) is 20.8 Å². The molecule has 0 spiro atoms. The summed E-state index contributed by atoms with van der Waals surface area (Å²) in [6.07, 6.45) is 3.35.